The topological polar surface area (TPSA) is 62.3 Å². The van der Waals surface area contributed by atoms with Gasteiger partial charge in [-0.1, -0.05) is 31.7 Å². The molecule has 1 aromatic rings. The molecule has 2 aliphatic rings. The molecule has 106 valence electrons. The molecule has 0 unspecified atom stereocenters. The average molecular weight is 273 g/mol. The summed E-state index contributed by atoms with van der Waals surface area (Å²) in [5, 5.41) is 2.50. The van der Waals surface area contributed by atoms with Gasteiger partial charge in [-0.25, -0.2) is 4.79 Å². The van der Waals surface area contributed by atoms with E-state index < -0.39 is 5.54 Å². The van der Waals surface area contributed by atoms with Gasteiger partial charge in [0.2, 0.25) is 0 Å². The smallest absolute Gasteiger partial charge is 0.304 e. The minimum atomic E-state index is -0.648. The first kappa shape index (κ1) is 13.1. The highest BCUT2D eigenvalue weighted by Gasteiger charge is 2.52. The maximum absolute atomic E-state index is 12.3. The number of nitrogens with zero attached hydrogens (tertiary/aromatic N) is 2. The third-order valence-corrected chi connectivity index (χ3v) is 4.38. The van der Waals surface area contributed by atoms with Crippen molar-refractivity contribution in [2.45, 2.75) is 50.6 Å². The first-order valence-corrected chi connectivity index (χ1v) is 7.25. The van der Waals surface area contributed by atoms with Gasteiger partial charge in [0.15, 0.2) is 0 Å². The summed E-state index contributed by atoms with van der Waals surface area (Å²) in [6.07, 6.45) is 7.51. The van der Waals surface area contributed by atoms with E-state index in [9.17, 15) is 9.59 Å². The molecule has 1 saturated carbocycles. The lowest BCUT2D eigenvalue weighted by molar-refractivity contribution is -0.127. The van der Waals surface area contributed by atoms with E-state index in [2.05, 4.69) is 10.3 Å². The van der Waals surface area contributed by atoms with Crippen LogP contribution < -0.4 is 5.32 Å². The number of pyridine rings is 1. The molecule has 1 saturated heterocycles. The number of imide groups is 1. The van der Waals surface area contributed by atoms with Crippen LogP contribution in [0.3, 0.4) is 0 Å². The number of amides is 3. The van der Waals surface area contributed by atoms with Crippen LogP contribution in [0.1, 0.15) is 44.2 Å². The number of carbonyl (C=O) groups excluding carboxylic acids is 2. The molecule has 5 nitrogen and oxygen atoms in total. The molecule has 20 heavy (non-hydrogen) atoms. The highest BCUT2D eigenvalue weighted by Crippen LogP contribution is 2.36. The van der Waals surface area contributed by atoms with Crippen LogP contribution in [0.2, 0.25) is 0 Å². The Morgan fingerprint density at radius 3 is 2.55 bits per heavy atom. The predicted molar refractivity (Wildman–Crippen MR) is 73.8 cm³/mol. The highest BCUT2D eigenvalue weighted by atomic mass is 16.2. The number of hydrogen-bond acceptors (Lipinski definition) is 3. The fourth-order valence-electron chi connectivity index (χ4n) is 3.29. The van der Waals surface area contributed by atoms with Crippen LogP contribution in [0.15, 0.2) is 24.4 Å². The first-order valence-electron chi connectivity index (χ1n) is 7.25. The standard InChI is InChI=1S/C15H19N3O2/c19-13-15(8-4-1-2-5-9-15)18(14(20)17-13)11-12-7-3-6-10-16-12/h3,6-7,10H,1-2,4-5,8-9,11H2,(H,17,19,20). The molecule has 0 atom stereocenters. The molecule has 2 fully saturated rings. The van der Waals surface area contributed by atoms with E-state index in [1.54, 1.807) is 11.1 Å². The van der Waals surface area contributed by atoms with Crippen molar-refractivity contribution in [2.75, 3.05) is 0 Å². The van der Waals surface area contributed by atoms with Crippen LogP contribution in [-0.4, -0.2) is 27.4 Å². The average Bonchev–Trinajstić information content (AvgIpc) is 2.66. The largest absolute Gasteiger partial charge is 0.325 e. The second-order valence-electron chi connectivity index (χ2n) is 5.61. The molecule has 2 heterocycles. The first-order chi connectivity index (χ1) is 9.72. The van der Waals surface area contributed by atoms with E-state index in [0.717, 1.165) is 44.2 Å². The molecule has 3 amide bonds. The van der Waals surface area contributed by atoms with Crippen molar-refractivity contribution in [1.82, 2.24) is 15.2 Å². The van der Waals surface area contributed by atoms with Gasteiger partial charge in [-0.3, -0.25) is 15.1 Å². The number of nitrogens with one attached hydrogen (secondary N) is 1. The maximum Gasteiger partial charge on any atom is 0.325 e. The Morgan fingerprint density at radius 1 is 1.15 bits per heavy atom. The normalized spacial score (nSPS) is 21.9. The van der Waals surface area contributed by atoms with Gasteiger partial charge in [-0.15, -0.1) is 0 Å². The van der Waals surface area contributed by atoms with E-state index in [-0.39, 0.29) is 11.9 Å². The monoisotopic (exact) mass is 273 g/mol. The van der Waals surface area contributed by atoms with Gasteiger partial charge in [-0.05, 0) is 25.0 Å². The molecule has 1 spiro atoms. The van der Waals surface area contributed by atoms with Gasteiger partial charge in [0.1, 0.15) is 5.54 Å². The molecule has 5 heteroatoms. The van der Waals surface area contributed by atoms with Crippen molar-refractivity contribution in [3.63, 3.8) is 0 Å². The van der Waals surface area contributed by atoms with Gasteiger partial charge in [-0.2, -0.15) is 0 Å². The molecule has 1 aliphatic heterocycles. The van der Waals surface area contributed by atoms with E-state index in [1.807, 2.05) is 18.2 Å². The SMILES string of the molecule is O=C1NC(=O)C2(CCCCCC2)N1Cc1ccccn1. The van der Waals surface area contributed by atoms with Gasteiger partial charge < -0.3 is 4.90 Å². The second-order valence-corrected chi connectivity index (χ2v) is 5.61. The zero-order chi connectivity index (χ0) is 14.0. The summed E-state index contributed by atoms with van der Waals surface area (Å²) < 4.78 is 0. The quantitative estimate of drug-likeness (QED) is 0.840. The predicted octanol–water partition coefficient (Wildman–Crippen LogP) is 2.23. The van der Waals surface area contributed by atoms with Crippen LogP contribution in [0.5, 0.6) is 0 Å². The Hall–Kier alpha value is -1.91. The summed E-state index contributed by atoms with van der Waals surface area (Å²) in [7, 11) is 0. The maximum atomic E-state index is 12.3. The van der Waals surface area contributed by atoms with Crippen LogP contribution in [0, 0.1) is 0 Å². The van der Waals surface area contributed by atoms with Crippen LogP contribution >= 0.6 is 0 Å². The number of hydrogen-bond donors (Lipinski definition) is 1. The minimum absolute atomic E-state index is 0.125. The lowest BCUT2D eigenvalue weighted by Crippen LogP contribution is -2.49. The number of rotatable bonds is 2. The van der Waals surface area contributed by atoms with Crippen molar-refractivity contribution in [1.29, 1.82) is 0 Å². The van der Waals surface area contributed by atoms with Gasteiger partial charge >= 0.3 is 6.03 Å². The Balaban J connectivity index is 1.89. The molecule has 1 aliphatic carbocycles. The zero-order valence-corrected chi connectivity index (χ0v) is 11.5. The third-order valence-electron chi connectivity index (χ3n) is 4.38. The molecular formula is C15H19N3O2. The highest BCUT2D eigenvalue weighted by molar-refractivity contribution is 6.07. The fourth-order valence-corrected chi connectivity index (χ4v) is 3.29. The molecule has 3 rings (SSSR count). The lowest BCUT2D eigenvalue weighted by Gasteiger charge is -2.34. The van der Waals surface area contributed by atoms with Crippen molar-refractivity contribution < 1.29 is 9.59 Å². The van der Waals surface area contributed by atoms with Crippen LogP contribution in [0.4, 0.5) is 4.79 Å². The molecule has 0 bridgehead atoms. The van der Waals surface area contributed by atoms with Crippen molar-refractivity contribution in [2.24, 2.45) is 0 Å². The summed E-state index contributed by atoms with van der Waals surface area (Å²) in [6, 6.07) is 5.36. The summed E-state index contributed by atoms with van der Waals surface area (Å²) in [5.41, 5.74) is 0.173. The third kappa shape index (κ3) is 2.17. The van der Waals surface area contributed by atoms with Gasteiger partial charge in [0.25, 0.3) is 5.91 Å². The lowest BCUT2D eigenvalue weighted by atomic mass is 9.88. The second kappa shape index (κ2) is 5.23. The number of aromatic nitrogens is 1. The molecular weight excluding hydrogens is 254 g/mol. The van der Waals surface area contributed by atoms with Crippen molar-refractivity contribution in [3.05, 3.63) is 30.1 Å². The fraction of sp³-hybridized carbons (Fsp3) is 0.533. The summed E-state index contributed by atoms with van der Waals surface area (Å²) in [6.45, 7) is 0.401. The van der Waals surface area contributed by atoms with Gasteiger partial charge in [0.05, 0.1) is 12.2 Å². The minimum Gasteiger partial charge on any atom is -0.304 e. The van der Waals surface area contributed by atoms with E-state index in [4.69, 9.17) is 0 Å². The number of urea groups is 1. The molecule has 1 N–H and O–H groups in total. The molecule has 0 radical (unpaired) electrons. The van der Waals surface area contributed by atoms with Crippen LogP contribution in [0.25, 0.3) is 0 Å². The Bertz CT molecular complexity index is 507. The van der Waals surface area contributed by atoms with Crippen LogP contribution in [-0.2, 0) is 11.3 Å². The Morgan fingerprint density at radius 2 is 1.90 bits per heavy atom. The van der Waals surface area contributed by atoms with Gasteiger partial charge in [0, 0.05) is 6.20 Å². The summed E-state index contributed by atoms with van der Waals surface area (Å²) >= 11 is 0. The Kier molecular flexibility index (Phi) is 3.42. The zero-order valence-electron chi connectivity index (χ0n) is 11.5. The Labute approximate surface area is 118 Å². The summed E-state index contributed by atoms with van der Waals surface area (Å²) in [5.74, 6) is -0.125. The van der Waals surface area contributed by atoms with Crippen molar-refractivity contribution >= 4 is 11.9 Å². The summed E-state index contributed by atoms with van der Waals surface area (Å²) in [4.78, 5) is 30.4. The molecule has 0 aromatic carbocycles. The van der Waals surface area contributed by atoms with Crippen molar-refractivity contribution in [3.8, 4) is 0 Å². The molecule has 1 aromatic heterocycles. The van der Waals surface area contributed by atoms with E-state index in [1.165, 1.54) is 0 Å². The van der Waals surface area contributed by atoms with E-state index >= 15 is 0 Å². The van der Waals surface area contributed by atoms with E-state index in [0.29, 0.717) is 6.54 Å². The number of carbonyl (C=O) groups is 2.